The molecule has 0 N–H and O–H groups in total. The highest BCUT2D eigenvalue weighted by Gasteiger charge is 2.51. The molecule has 0 amide bonds. The summed E-state index contributed by atoms with van der Waals surface area (Å²) in [5.74, 6) is 2.86. The van der Waals surface area contributed by atoms with Crippen LogP contribution in [0, 0.1) is 0 Å². The molecule has 0 atom stereocenters. The van der Waals surface area contributed by atoms with E-state index in [1.54, 1.807) is 0 Å². The predicted octanol–water partition coefficient (Wildman–Crippen LogP) is 27.5. The summed E-state index contributed by atoms with van der Waals surface area (Å²) in [4.78, 5) is 20.8. The number of nitrogens with zero attached hydrogens (tertiary/aromatic N) is 5. The summed E-state index contributed by atoms with van der Waals surface area (Å²) in [5, 5.41) is 5.12. The topological polar surface area (TPSA) is 56.5 Å². The van der Waals surface area contributed by atoms with Crippen molar-refractivity contribution in [2.45, 2.75) is 20.3 Å². The molecule has 0 saturated heterocycles. The first-order valence-electron chi connectivity index (χ1n) is 37.0. The van der Waals surface area contributed by atoms with E-state index in [4.69, 9.17) is 19.9 Å². The van der Waals surface area contributed by atoms with Crippen LogP contribution in [0.4, 0.5) is 0 Å². The Morgan fingerprint density at radius 1 is 0.209 bits per heavy atom. The van der Waals surface area contributed by atoms with Gasteiger partial charge in [0, 0.05) is 27.9 Å². The van der Waals surface area contributed by atoms with Crippen molar-refractivity contribution in [1.82, 2.24) is 24.5 Å². The number of aromatic nitrogens is 5. The Bertz CT molecular complexity index is 6490. The van der Waals surface area contributed by atoms with Crippen molar-refractivity contribution in [3.8, 4) is 151 Å². The molecule has 0 saturated carbocycles. The zero-order valence-corrected chi connectivity index (χ0v) is 58.8. The normalized spacial score (nSPS) is 12.1. The van der Waals surface area contributed by atoms with Gasteiger partial charge in [0.25, 0.3) is 0 Å². The fourth-order valence-corrected chi connectivity index (χ4v) is 17.6. The van der Waals surface area contributed by atoms with E-state index in [1.165, 1.54) is 133 Å². The van der Waals surface area contributed by atoms with E-state index in [-0.39, 0.29) is 14.9 Å². The minimum atomic E-state index is -0.450. The molecule has 22 rings (SSSR count). The zero-order chi connectivity index (χ0) is 71.2. The third kappa shape index (κ3) is 10.7. The lowest BCUT2D eigenvalue weighted by molar-refractivity contribution is 0.794. The molecule has 0 fully saturated rings. The van der Waals surface area contributed by atoms with Crippen molar-refractivity contribution in [1.29, 1.82) is 0 Å². The number of para-hydroxylation sites is 3. The molecule has 0 aliphatic heterocycles. The van der Waals surface area contributed by atoms with Gasteiger partial charge in [0.05, 0.1) is 16.4 Å². The van der Waals surface area contributed by atoms with E-state index in [0.717, 1.165) is 55.9 Å². The molecule has 1 spiro atoms. The van der Waals surface area contributed by atoms with E-state index in [1.807, 2.05) is 12.1 Å². The van der Waals surface area contributed by atoms with E-state index < -0.39 is 5.41 Å². The highest BCUT2D eigenvalue weighted by Crippen LogP contribution is 2.64. The van der Waals surface area contributed by atoms with Gasteiger partial charge in [-0.05, 0) is 180 Å². The van der Waals surface area contributed by atoms with Crippen LogP contribution in [-0.4, -0.2) is 24.5 Å². The largest absolute Gasteiger partial charge is 0.292 e. The van der Waals surface area contributed by atoms with Crippen LogP contribution in [0.1, 0.15) is 37.1 Å². The highest BCUT2D eigenvalue weighted by atomic mass is 15.1. The van der Waals surface area contributed by atoms with Gasteiger partial charge in [0.2, 0.25) is 0 Å². The average molecular weight is 1400 g/mol. The van der Waals surface area contributed by atoms with Crippen molar-refractivity contribution >= 4 is 32.6 Å². The van der Waals surface area contributed by atoms with E-state index in [0.29, 0.717) is 17.5 Å². The maximum absolute atomic E-state index is 5.22. The van der Waals surface area contributed by atoms with Gasteiger partial charge >= 0.3 is 0 Å². The number of fused-ring (bicyclic) bond motifs is 15. The van der Waals surface area contributed by atoms with Gasteiger partial charge in [-0.25, -0.2) is 19.9 Å². The zero-order valence-electron chi connectivity index (χ0n) is 58.8. The highest BCUT2D eigenvalue weighted by molar-refractivity contribution is 6.29. The molecule has 2 aromatic heterocycles. The molecular weight excluding hydrogens is 1330 g/mol. The Balaban J connectivity index is 0.000000146. The molecular formula is C105H73N5. The smallest absolute Gasteiger partial charge is 0.164 e. The van der Waals surface area contributed by atoms with Crippen molar-refractivity contribution in [2.24, 2.45) is 0 Å². The van der Waals surface area contributed by atoms with Crippen molar-refractivity contribution in [3.63, 3.8) is 0 Å². The molecule has 5 heteroatoms. The van der Waals surface area contributed by atoms with Gasteiger partial charge in [-0.2, -0.15) is 0 Å². The molecule has 3 aliphatic rings. The second-order valence-corrected chi connectivity index (χ2v) is 28.2. The second kappa shape index (κ2) is 27.3. The number of imidazole rings is 1. The SMILES string of the molecule is C.C.c1ccc(-c2c3c(c(-c4ccccc4)c4ccccc24)-c2ccc(-c4cccc(-c5nc6ccccc6n5-c5ccccc5)c4)c4cccc-3c24)cc1.c1ccc(-c2ccc(-c3nc(-c4ccc(-c5ccccc5)cc4)nc(-c4ccc5c(c4)C4(c6ccccc6-c6ccccc64)c4ccccc4-5)n3)cc2)cc1. The monoisotopic (exact) mass is 1400 g/mol. The molecule has 0 bridgehead atoms. The molecule has 19 aromatic rings. The van der Waals surface area contributed by atoms with Gasteiger partial charge in [-0.3, -0.25) is 4.57 Å². The van der Waals surface area contributed by atoms with Crippen LogP contribution in [0.3, 0.4) is 0 Å². The first-order valence-corrected chi connectivity index (χ1v) is 37.0. The van der Waals surface area contributed by atoms with Crippen LogP contribution in [0.15, 0.2) is 394 Å². The van der Waals surface area contributed by atoms with Gasteiger partial charge in [-0.1, -0.05) is 373 Å². The molecule has 110 heavy (non-hydrogen) atoms. The first-order chi connectivity index (χ1) is 53.6. The summed E-state index contributed by atoms with van der Waals surface area (Å²) in [5.41, 5.74) is 34.2. The van der Waals surface area contributed by atoms with Crippen LogP contribution < -0.4 is 0 Å². The summed E-state index contributed by atoms with van der Waals surface area (Å²) in [7, 11) is 0. The van der Waals surface area contributed by atoms with Crippen molar-refractivity contribution in [3.05, 3.63) is 417 Å². The molecule has 5 nitrogen and oxygen atoms in total. The van der Waals surface area contributed by atoms with Gasteiger partial charge < -0.3 is 0 Å². The van der Waals surface area contributed by atoms with Crippen LogP contribution in [0.5, 0.6) is 0 Å². The summed E-state index contributed by atoms with van der Waals surface area (Å²) in [6.45, 7) is 0. The standard InChI is InChI=1S/C52H33N3.C51H32N2.2CH4/c1-3-13-34(14-4-1)36-23-27-38(28-24-36)49-53-50(39-29-25-37(26-30-39)35-15-5-2-6-16-35)55-51(54-49)40-31-32-44-43-19-9-12-22-47(43)52(48(44)33-40)45-20-10-7-17-41(45)42-18-8-11-21-46(42)52;1-4-16-33(17-5-1)46-40-24-10-11-25-41(40)47(34-18-6-2-7-19-34)50-43-31-30-38(39-26-15-27-42(48(39)43)49(46)50)35-20-14-21-36(32-35)51-52-44-28-12-13-29-45(44)53(51)37-22-8-3-9-23-37;;/h1-33H;1-32H;2*1H4. The molecule has 518 valence electrons. The van der Waals surface area contributed by atoms with Gasteiger partial charge in [0.1, 0.15) is 5.82 Å². The molecule has 2 heterocycles. The number of hydrogen-bond donors (Lipinski definition) is 0. The predicted molar refractivity (Wildman–Crippen MR) is 459 cm³/mol. The fraction of sp³-hybridized carbons (Fsp3) is 0.0286. The van der Waals surface area contributed by atoms with Crippen LogP contribution in [-0.2, 0) is 5.41 Å². The first kappa shape index (κ1) is 66.4. The fourth-order valence-electron chi connectivity index (χ4n) is 17.6. The summed E-state index contributed by atoms with van der Waals surface area (Å²) < 4.78 is 2.28. The number of hydrogen-bond acceptors (Lipinski definition) is 4. The second-order valence-electron chi connectivity index (χ2n) is 28.2. The summed E-state index contributed by atoms with van der Waals surface area (Å²) in [6.07, 6.45) is 0. The van der Waals surface area contributed by atoms with E-state index in [2.05, 4.69) is 387 Å². The Labute approximate surface area is 641 Å². The Morgan fingerprint density at radius 2 is 0.564 bits per heavy atom. The van der Waals surface area contributed by atoms with Crippen molar-refractivity contribution in [2.75, 3.05) is 0 Å². The van der Waals surface area contributed by atoms with Crippen LogP contribution >= 0.6 is 0 Å². The maximum Gasteiger partial charge on any atom is 0.164 e. The number of rotatable bonds is 10. The Hall–Kier alpha value is -14.3. The molecule has 0 radical (unpaired) electrons. The van der Waals surface area contributed by atoms with Gasteiger partial charge in [0.15, 0.2) is 17.5 Å². The molecule has 0 unspecified atom stereocenters. The minimum absolute atomic E-state index is 0. The third-order valence-corrected chi connectivity index (χ3v) is 22.3. The minimum Gasteiger partial charge on any atom is -0.292 e. The lowest BCUT2D eigenvalue weighted by Gasteiger charge is -2.30. The lowest BCUT2D eigenvalue weighted by Crippen LogP contribution is -2.25. The number of benzene rings is 17. The third-order valence-electron chi connectivity index (χ3n) is 22.3. The molecule has 3 aliphatic carbocycles. The Morgan fingerprint density at radius 3 is 1.10 bits per heavy atom. The van der Waals surface area contributed by atoms with E-state index >= 15 is 0 Å². The lowest BCUT2D eigenvalue weighted by atomic mass is 9.70. The molecule has 17 aromatic carbocycles. The van der Waals surface area contributed by atoms with Crippen molar-refractivity contribution < 1.29 is 0 Å². The van der Waals surface area contributed by atoms with E-state index in [9.17, 15) is 0 Å². The summed E-state index contributed by atoms with van der Waals surface area (Å²) in [6, 6.07) is 142. The quantitative estimate of drug-likeness (QED) is 0.137. The van der Waals surface area contributed by atoms with Gasteiger partial charge in [-0.15, -0.1) is 0 Å². The maximum atomic E-state index is 5.22. The average Bonchev–Trinajstić information content (AvgIpc) is 1.51. The summed E-state index contributed by atoms with van der Waals surface area (Å²) >= 11 is 0. The van der Waals surface area contributed by atoms with Crippen LogP contribution in [0.2, 0.25) is 0 Å². The Kier molecular flexibility index (Phi) is 16.5. The van der Waals surface area contributed by atoms with Crippen LogP contribution in [0.25, 0.3) is 184 Å².